The topological polar surface area (TPSA) is 54.0 Å². The zero-order valence-corrected chi connectivity index (χ0v) is 13.1. The summed E-state index contributed by atoms with van der Waals surface area (Å²) >= 11 is 2.13. The number of carbonyl (C=O) groups is 1. The molecule has 6 heteroatoms. The van der Waals surface area contributed by atoms with Crippen LogP contribution in [-0.4, -0.2) is 34.1 Å². The largest absolute Gasteiger partial charge is 0.493 e. The summed E-state index contributed by atoms with van der Waals surface area (Å²) in [5.74, 6) is 0.780. The molecule has 0 saturated carbocycles. The van der Waals surface area contributed by atoms with E-state index in [9.17, 15) is 4.79 Å². The highest BCUT2D eigenvalue weighted by molar-refractivity contribution is 14.1. The van der Waals surface area contributed by atoms with Crippen molar-refractivity contribution >= 4 is 34.6 Å². The Morgan fingerprint density at radius 3 is 2.63 bits per heavy atom. The van der Waals surface area contributed by atoms with Crippen molar-refractivity contribution in [1.82, 2.24) is 0 Å². The van der Waals surface area contributed by atoms with Crippen molar-refractivity contribution in [3.05, 3.63) is 27.3 Å². The van der Waals surface area contributed by atoms with Crippen molar-refractivity contribution in [3.8, 4) is 11.5 Å². The third kappa shape index (κ3) is 4.71. The van der Waals surface area contributed by atoms with Crippen LogP contribution in [0, 0.1) is 3.57 Å². The van der Waals surface area contributed by atoms with E-state index in [0.29, 0.717) is 11.5 Å². The molecular weight excluding hydrogens is 363 g/mol. The lowest BCUT2D eigenvalue weighted by atomic mass is 10.2. The van der Waals surface area contributed by atoms with Crippen LogP contribution in [-0.2, 0) is 14.3 Å². The average molecular weight is 378 g/mol. The van der Waals surface area contributed by atoms with Gasteiger partial charge in [-0.05, 0) is 46.4 Å². The fourth-order valence-electron chi connectivity index (χ4n) is 1.33. The molecule has 19 heavy (non-hydrogen) atoms. The summed E-state index contributed by atoms with van der Waals surface area (Å²) in [6.07, 6.45) is 3.00. The van der Waals surface area contributed by atoms with E-state index in [-0.39, 0.29) is 6.79 Å². The number of hydrogen-bond acceptors (Lipinski definition) is 5. The summed E-state index contributed by atoms with van der Waals surface area (Å²) in [5, 5.41) is 0. The maximum atomic E-state index is 11.0. The van der Waals surface area contributed by atoms with E-state index in [1.165, 1.54) is 13.2 Å². The summed E-state index contributed by atoms with van der Waals surface area (Å²) < 4.78 is 21.0. The van der Waals surface area contributed by atoms with Gasteiger partial charge in [-0.25, -0.2) is 4.79 Å². The summed E-state index contributed by atoms with van der Waals surface area (Å²) in [4.78, 5) is 11.0. The van der Waals surface area contributed by atoms with Crippen LogP contribution in [0.1, 0.15) is 5.56 Å². The molecule has 0 heterocycles. The molecule has 0 atom stereocenters. The van der Waals surface area contributed by atoms with Crippen LogP contribution in [0.4, 0.5) is 0 Å². The van der Waals surface area contributed by atoms with Crippen LogP contribution < -0.4 is 9.47 Å². The van der Waals surface area contributed by atoms with Crippen molar-refractivity contribution < 1.29 is 23.7 Å². The quantitative estimate of drug-likeness (QED) is 0.330. The van der Waals surface area contributed by atoms with Gasteiger partial charge in [0.25, 0.3) is 0 Å². The molecule has 0 aliphatic rings. The first-order valence-electron chi connectivity index (χ1n) is 5.37. The molecule has 0 N–H and O–H groups in total. The smallest absolute Gasteiger partial charge is 0.330 e. The minimum atomic E-state index is -0.409. The van der Waals surface area contributed by atoms with Crippen molar-refractivity contribution in [1.29, 1.82) is 0 Å². The lowest BCUT2D eigenvalue weighted by Crippen LogP contribution is -2.02. The molecule has 0 radical (unpaired) electrons. The van der Waals surface area contributed by atoms with Gasteiger partial charge in [0.15, 0.2) is 18.3 Å². The summed E-state index contributed by atoms with van der Waals surface area (Å²) in [5.41, 5.74) is 0.816. The first-order chi connectivity index (χ1) is 9.12. The van der Waals surface area contributed by atoms with Crippen LogP contribution in [0.2, 0.25) is 0 Å². The van der Waals surface area contributed by atoms with Crippen LogP contribution in [0.3, 0.4) is 0 Å². The SMILES string of the molecule is COCOc1c(I)cc(C=CC(=O)OC)cc1OC. The second-order valence-electron chi connectivity index (χ2n) is 3.44. The van der Waals surface area contributed by atoms with E-state index >= 15 is 0 Å². The minimum absolute atomic E-state index is 0.143. The van der Waals surface area contributed by atoms with Gasteiger partial charge in [0, 0.05) is 13.2 Å². The van der Waals surface area contributed by atoms with E-state index < -0.39 is 5.97 Å². The fraction of sp³-hybridized carbons (Fsp3) is 0.308. The monoisotopic (exact) mass is 378 g/mol. The second-order valence-corrected chi connectivity index (χ2v) is 4.60. The van der Waals surface area contributed by atoms with Gasteiger partial charge in [0.2, 0.25) is 0 Å². The second kappa shape index (κ2) is 8.00. The number of carbonyl (C=O) groups excluding carboxylic acids is 1. The minimum Gasteiger partial charge on any atom is -0.493 e. The highest BCUT2D eigenvalue weighted by Gasteiger charge is 2.10. The summed E-state index contributed by atoms with van der Waals surface area (Å²) in [6, 6.07) is 3.64. The van der Waals surface area contributed by atoms with Gasteiger partial charge < -0.3 is 18.9 Å². The molecule has 0 amide bonds. The molecular formula is C13H15IO5. The number of rotatable bonds is 6. The predicted molar refractivity (Wildman–Crippen MR) is 79.3 cm³/mol. The molecule has 0 aliphatic carbocycles. The highest BCUT2D eigenvalue weighted by Crippen LogP contribution is 2.34. The number of halogens is 1. The number of esters is 1. The lowest BCUT2D eigenvalue weighted by Gasteiger charge is -2.12. The Bertz CT molecular complexity index is 470. The molecule has 0 aromatic heterocycles. The molecule has 1 aromatic rings. The van der Waals surface area contributed by atoms with E-state index in [2.05, 4.69) is 27.3 Å². The van der Waals surface area contributed by atoms with Gasteiger partial charge in [0.05, 0.1) is 17.8 Å². The van der Waals surface area contributed by atoms with Crippen LogP contribution in [0.5, 0.6) is 11.5 Å². The van der Waals surface area contributed by atoms with Gasteiger partial charge in [-0.2, -0.15) is 0 Å². The number of methoxy groups -OCH3 is 3. The van der Waals surface area contributed by atoms with Crippen LogP contribution in [0.25, 0.3) is 6.08 Å². The molecule has 1 rings (SSSR count). The van der Waals surface area contributed by atoms with E-state index in [4.69, 9.17) is 14.2 Å². The zero-order valence-electron chi connectivity index (χ0n) is 10.9. The van der Waals surface area contributed by atoms with Crippen molar-refractivity contribution in [2.75, 3.05) is 28.1 Å². The number of benzene rings is 1. The van der Waals surface area contributed by atoms with Crippen molar-refractivity contribution in [2.45, 2.75) is 0 Å². The molecule has 104 valence electrons. The molecule has 1 aromatic carbocycles. The van der Waals surface area contributed by atoms with Gasteiger partial charge in [-0.15, -0.1) is 0 Å². The maximum Gasteiger partial charge on any atom is 0.330 e. The lowest BCUT2D eigenvalue weighted by molar-refractivity contribution is -0.134. The van der Waals surface area contributed by atoms with Crippen LogP contribution >= 0.6 is 22.6 Å². The third-order valence-corrected chi connectivity index (χ3v) is 2.99. The Hall–Kier alpha value is -1.28. The average Bonchev–Trinajstić information content (AvgIpc) is 2.42. The molecule has 0 unspecified atom stereocenters. The Labute approximate surface area is 125 Å². The Morgan fingerprint density at radius 2 is 2.05 bits per heavy atom. The van der Waals surface area contributed by atoms with Gasteiger partial charge in [0.1, 0.15) is 0 Å². The van der Waals surface area contributed by atoms with Gasteiger partial charge in [-0.1, -0.05) is 0 Å². The van der Waals surface area contributed by atoms with Crippen molar-refractivity contribution in [2.24, 2.45) is 0 Å². The normalized spacial score (nSPS) is 10.5. The first-order valence-corrected chi connectivity index (χ1v) is 6.45. The first kappa shape index (κ1) is 15.8. The third-order valence-electron chi connectivity index (χ3n) is 2.19. The Kier molecular flexibility index (Phi) is 6.65. The predicted octanol–water partition coefficient (Wildman–Crippen LogP) is 2.47. The van der Waals surface area contributed by atoms with Gasteiger partial charge in [-0.3, -0.25) is 0 Å². The Morgan fingerprint density at radius 1 is 1.32 bits per heavy atom. The van der Waals surface area contributed by atoms with Crippen LogP contribution in [0.15, 0.2) is 18.2 Å². The van der Waals surface area contributed by atoms with Gasteiger partial charge >= 0.3 is 5.97 Å². The standard InChI is InChI=1S/C13H15IO5/c1-16-8-19-13-10(14)6-9(7-11(13)17-2)4-5-12(15)18-3/h4-7H,8H2,1-3H3. The van der Waals surface area contributed by atoms with E-state index in [1.807, 2.05) is 6.07 Å². The molecule has 0 bridgehead atoms. The highest BCUT2D eigenvalue weighted by atomic mass is 127. The summed E-state index contributed by atoms with van der Waals surface area (Å²) in [7, 11) is 4.43. The molecule has 5 nitrogen and oxygen atoms in total. The fourth-order valence-corrected chi connectivity index (χ4v) is 2.11. The summed E-state index contributed by atoms with van der Waals surface area (Å²) in [6.45, 7) is 0.143. The Balaban J connectivity index is 3.01. The number of hydrogen-bond donors (Lipinski definition) is 0. The van der Waals surface area contributed by atoms with E-state index in [1.54, 1.807) is 26.4 Å². The van der Waals surface area contributed by atoms with Crippen molar-refractivity contribution in [3.63, 3.8) is 0 Å². The molecule has 0 aliphatic heterocycles. The zero-order chi connectivity index (χ0) is 14.3. The van der Waals surface area contributed by atoms with E-state index in [0.717, 1.165) is 9.13 Å². The number of ether oxygens (including phenoxy) is 4. The molecule has 0 saturated heterocycles. The molecule has 0 spiro atoms. The maximum absolute atomic E-state index is 11.0. The molecule has 0 fully saturated rings.